The smallest absolute Gasteiger partial charge is 0.124 e. The van der Waals surface area contributed by atoms with Crippen molar-refractivity contribution in [2.45, 2.75) is 40.3 Å². The molecule has 114 valence electrons. The standard InChI is InChI=1S/C17H25N3O/c1-5-18-14(4)15-7-8-17(21-6-2)16(9-15)12-20-11-13(3)10-19-20/h7-11,14,18H,5-6,12H2,1-4H3. The molecule has 0 fully saturated rings. The van der Waals surface area contributed by atoms with Crippen molar-refractivity contribution in [1.29, 1.82) is 0 Å². The molecule has 1 N–H and O–H groups in total. The van der Waals surface area contributed by atoms with E-state index in [0.717, 1.165) is 18.8 Å². The zero-order chi connectivity index (χ0) is 15.2. The molecule has 1 aromatic carbocycles. The number of aryl methyl sites for hydroxylation is 1. The van der Waals surface area contributed by atoms with Gasteiger partial charge in [-0.3, -0.25) is 4.68 Å². The Morgan fingerprint density at radius 2 is 2.14 bits per heavy atom. The Kier molecular flexibility index (Phi) is 5.39. The van der Waals surface area contributed by atoms with Crippen LogP contribution >= 0.6 is 0 Å². The van der Waals surface area contributed by atoms with Crippen LogP contribution in [0.1, 0.15) is 43.5 Å². The van der Waals surface area contributed by atoms with Crippen LogP contribution in [0.5, 0.6) is 5.75 Å². The van der Waals surface area contributed by atoms with Crippen LogP contribution < -0.4 is 10.1 Å². The molecule has 4 heteroatoms. The summed E-state index contributed by atoms with van der Waals surface area (Å²) in [6.45, 7) is 10.7. The molecule has 2 rings (SSSR count). The van der Waals surface area contributed by atoms with E-state index in [9.17, 15) is 0 Å². The maximum atomic E-state index is 5.75. The van der Waals surface area contributed by atoms with E-state index >= 15 is 0 Å². The molecule has 0 bridgehead atoms. The third kappa shape index (κ3) is 4.08. The Hall–Kier alpha value is -1.81. The summed E-state index contributed by atoms with van der Waals surface area (Å²) < 4.78 is 7.70. The Morgan fingerprint density at radius 1 is 1.33 bits per heavy atom. The predicted molar refractivity (Wildman–Crippen MR) is 85.8 cm³/mol. The van der Waals surface area contributed by atoms with Crippen molar-refractivity contribution >= 4 is 0 Å². The number of ether oxygens (including phenoxy) is 1. The third-order valence-corrected chi connectivity index (χ3v) is 3.49. The topological polar surface area (TPSA) is 39.1 Å². The summed E-state index contributed by atoms with van der Waals surface area (Å²) in [5, 5.41) is 7.81. The average molecular weight is 287 g/mol. The van der Waals surface area contributed by atoms with Gasteiger partial charge in [-0.25, -0.2) is 0 Å². The van der Waals surface area contributed by atoms with Gasteiger partial charge in [-0.1, -0.05) is 13.0 Å². The van der Waals surface area contributed by atoms with Gasteiger partial charge < -0.3 is 10.1 Å². The molecule has 1 aromatic heterocycles. The van der Waals surface area contributed by atoms with Crippen molar-refractivity contribution in [3.8, 4) is 5.75 Å². The second-order valence-electron chi connectivity index (χ2n) is 5.29. The van der Waals surface area contributed by atoms with Gasteiger partial charge >= 0.3 is 0 Å². The second-order valence-corrected chi connectivity index (χ2v) is 5.29. The first kappa shape index (κ1) is 15.6. The van der Waals surface area contributed by atoms with Crippen molar-refractivity contribution in [3.05, 3.63) is 47.3 Å². The molecule has 0 aliphatic rings. The molecular weight excluding hydrogens is 262 g/mol. The molecule has 0 amide bonds. The van der Waals surface area contributed by atoms with Crippen LogP contribution in [0, 0.1) is 6.92 Å². The van der Waals surface area contributed by atoms with Crippen LogP contribution in [-0.2, 0) is 6.54 Å². The van der Waals surface area contributed by atoms with E-state index in [1.165, 1.54) is 16.7 Å². The first-order valence-corrected chi connectivity index (χ1v) is 7.62. The highest BCUT2D eigenvalue weighted by atomic mass is 16.5. The number of aromatic nitrogens is 2. The van der Waals surface area contributed by atoms with Crippen LogP contribution in [0.2, 0.25) is 0 Å². The van der Waals surface area contributed by atoms with Gasteiger partial charge in [0.15, 0.2) is 0 Å². The number of nitrogens with zero attached hydrogens (tertiary/aromatic N) is 2. The first-order valence-electron chi connectivity index (χ1n) is 7.62. The van der Waals surface area contributed by atoms with Gasteiger partial charge in [0, 0.05) is 17.8 Å². The van der Waals surface area contributed by atoms with Gasteiger partial charge in [0.1, 0.15) is 5.75 Å². The molecule has 21 heavy (non-hydrogen) atoms. The van der Waals surface area contributed by atoms with Crippen LogP contribution in [0.3, 0.4) is 0 Å². The summed E-state index contributed by atoms with van der Waals surface area (Å²) in [4.78, 5) is 0. The molecule has 1 atom stereocenters. The maximum Gasteiger partial charge on any atom is 0.124 e. The molecule has 0 aliphatic carbocycles. The summed E-state index contributed by atoms with van der Waals surface area (Å²) in [5.41, 5.74) is 3.62. The Balaban J connectivity index is 2.27. The minimum atomic E-state index is 0.337. The van der Waals surface area contributed by atoms with Gasteiger partial charge in [0.2, 0.25) is 0 Å². The molecule has 0 radical (unpaired) electrons. The molecular formula is C17H25N3O. The quantitative estimate of drug-likeness (QED) is 0.849. The van der Waals surface area contributed by atoms with E-state index in [1.807, 2.05) is 17.8 Å². The van der Waals surface area contributed by atoms with E-state index in [2.05, 4.69) is 55.6 Å². The van der Waals surface area contributed by atoms with E-state index in [1.54, 1.807) is 0 Å². The van der Waals surface area contributed by atoms with Crippen molar-refractivity contribution in [2.24, 2.45) is 0 Å². The molecule has 0 saturated heterocycles. The fraction of sp³-hybridized carbons (Fsp3) is 0.471. The van der Waals surface area contributed by atoms with Crippen molar-refractivity contribution in [1.82, 2.24) is 15.1 Å². The summed E-state index contributed by atoms with van der Waals surface area (Å²) in [5.74, 6) is 0.943. The van der Waals surface area contributed by atoms with E-state index in [0.29, 0.717) is 12.6 Å². The number of rotatable bonds is 7. The summed E-state index contributed by atoms with van der Waals surface area (Å²) in [6.07, 6.45) is 3.93. The Bertz CT molecular complexity index is 577. The number of benzene rings is 1. The normalized spacial score (nSPS) is 12.4. The van der Waals surface area contributed by atoms with Crippen LogP contribution in [0.15, 0.2) is 30.6 Å². The number of hydrogen-bond acceptors (Lipinski definition) is 3. The fourth-order valence-electron chi connectivity index (χ4n) is 2.44. The van der Waals surface area contributed by atoms with Gasteiger partial charge in [0.25, 0.3) is 0 Å². The zero-order valence-electron chi connectivity index (χ0n) is 13.4. The zero-order valence-corrected chi connectivity index (χ0v) is 13.4. The van der Waals surface area contributed by atoms with E-state index < -0.39 is 0 Å². The lowest BCUT2D eigenvalue weighted by atomic mass is 10.0. The SMILES string of the molecule is CCNC(C)c1ccc(OCC)c(Cn2cc(C)cn2)c1. The summed E-state index contributed by atoms with van der Waals surface area (Å²) >= 11 is 0. The lowest BCUT2D eigenvalue weighted by molar-refractivity contribution is 0.335. The summed E-state index contributed by atoms with van der Waals surface area (Å²) in [6, 6.07) is 6.76. The van der Waals surface area contributed by atoms with E-state index in [4.69, 9.17) is 4.74 Å². The minimum absolute atomic E-state index is 0.337. The van der Waals surface area contributed by atoms with E-state index in [-0.39, 0.29) is 0 Å². The maximum absolute atomic E-state index is 5.75. The number of nitrogens with one attached hydrogen (secondary N) is 1. The van der Waals surface area contributed by atoms with Gasteiger partial charge in [0.05, 0.1) is 19.3 Å². The number of hydrogen-bond donors (Lipinski definition) is 1. The minimum Gasteiger partial charge on any atom is -0.494 e. The Morgan fingerprint density at radius 3 is 2.76 bits per heavy atom. The first-order chi connectivity index (χ1) is 10.1. The second kappa shape index (κ2) is 7.27. The third-order valence-electron chi connectivity index (χ3n) is 3.49. The molecule has 1 heterocycles. The van der Waals surface area contributed by atoms with Crippen molar-refractivity contribution < 1.29 is 4.74 Å². The molecule has 0 spiro atoms. The highest BCUT2D eigenvalue weighted by Gasteiger charge is 2.10. The van der Waals surface area contributed by atoms with Gasteiger partial charge in [-0.2, -0.15) is 5.10 Å². The fourth-order valence-corrected chi connectivity index (χ4v) is 2.44. The highest BCUT2D eigenvalue weighted by Crippen LogP contribution is 2.24. The molecule has 0 aliphatic heterocycles. The Labute approximate surface area is 127 Å². The van der Waals surface area contributed by atoms with Crippen molar-refractivity contribution in [2.75, 3.05) is 13.2 Å². The molecule has 4 nitrogen and oxygen atoms in total. The van der Waals surface area contributed by atoms with Crippen LogP contribution in [0.25, 0.3) is 0 Å². The predicted octanol–water partition coefficient (Wildman–Crippen LogP) is 3.31. The van der Waals surface area contributed by atoms with Gasteiger partial charge in [-0.15, -0.1) is 0 Å². The largest absolute Gasteiger partial charge is 0.494 e. The molecule has 0 saturated carbocycles. The molecule has 1 unspecified atom stereocenters. The summed E-state index contributed by atoms with van der Waals surface area (Å²) in [7, 11) is 0. The van der Waals surface area contributed by atoms with Crippen LogP contribution in [-0.4, -0.2) is 22.9 Å². The van der Waals surface area contributed by atoms with Crippen LogP contribution in [0.4, 0.5) is 0 Å². The lowest BCUT2D eigenvalue weighted by Crippen LogP contribution is -2.18. The highest BCUT2D eigenvalue weighted by molar-refractivity contribution is 5.38. The van der Waals surface area contributed by atoms with Crippen molar-refractivity contribution in [3.63, 3.8) is 0 Å². The lowest BCUT2D eigenvalue weighted by Gasteiger charge is -2.17. The molecule has 2 aromatic rings. The average Bonchev–Trinajstić information content (AvgIpc) is 2.86. The van der Waals surface area contributed by atoms with Gasteiger partial charge in [-0.05, 0) is 50.6 Å². The monoisotopic (exact) mass is 287 g/mol.